The number of rotatable bonds is 5. The first-order chi connectivity index (χ1) is 14.0. The Morgan fingerprint density at radius 2 is 1.97 bits per heavy atom. The molecule has 2 saturated heterocycles. The molecule has 1 spiro atoms. The van der Waals surface area contributed by atoms with Gasteiger partial charge in [0.15, 0.2) is 5.69 Å². The van der Waals surface area contributed by atoms with Crippen molar-refractivity contribution in [1.29, 1.82) is 0 Å². The highest BCUT2D eigenvalue weighted by molar-refractivity contribution is 5.85. The van der Waals surface area contributed by atoms with E-state index in [1.807, 2.05) is 35.2 Å². The number of anilines is 1. The van der Waals surface area contributed by atoms with E-state index in [0.717, 1.165) is 43.8 Å². The Hall–Kier alpha value is -3.09. The largest absolute Gasteiger partial charge is 0.497 e. The summed E-state index contributed by atoms with van der Waals surface area (Å²) in [6.07, 6.45) is 2.37. The van der Waals surface area contributed by atoms with Crippen LogP contribution in [0.3, 0.4) is 0 Å². The molecule has 2 fully saturated rings. The first-order valence-electron chi connectivity index (χ1n) is 9.84. The zero-order chi connectivity index (χ0) is 20.4. The van der Waals surface area contributed by atoms with E-state index in [9.17, 15) is 9.59 Å². The van der Waals surface area contributed by atoms with Crippen molar-refractivity contribution in [3.05, 3.63) is 53.7 Å². The minimum atomic E-state index is -1.02. The molecule has 2 aromatic rings. The maximum Gasteiger partial charge on any atom is 0.354 e. The fourth-order valence-electron chi connectivity index (χ4n) is 4.38. The second kappa shape index (κ2) is 7.73. The lowest BCUT2D eigenvalue weighted by Gasteiger charge is -2.39. The van der Waals surface area contributed by atoms with Crippen molar-refractivity contribution in [3.63, 3.8) is 0 Å². The van der Waals surface area contributed by atoms with Crippen molar-refractivity contribution >= 4 is 17.7 Å². The van der Waals surface area contributed by atoms with E-state index in [2.05, 4.69) is 9.88 Å². The molecule has 0 unspecified atom stereocenters. The molecule has 2 aliphatic rings. The Morgan fingerprint density at radius 3 is 2.69 bits per heavy atom. The predicted octanol–water partition coefficient (Wildman–Crippen LogP) is 2.81. The van der Waals surface area contributed by atoms with E-state index in [0.29, 0.717) is 18.8 Å². The summed E-state index contributed by atoms with van der Waals surface area (Å²) in [6, 6.07) is 12.9. The van der Waals surface area contributed by atoms with Crippen LogP contribution in [-0.2, 0) is 11.3 Å². The van der Waals surface area contributed by atoms with Gasteiger partial charge < -0.3 is 19.6 Å². The van der Waals surface area contributed by atoms with E-state index in [1.165, 1.54) is 6.07 Å². The lowest BCUT2D eigenvalue weighted by atomic mass is 9.77. The summed E-state index contributed by atoms with van der Waals surface area (Å²) in [5.41, 5.74) is 1.13. The molecule has 29 heavy (non-hydrogen) atoms. The van der Waals surface area contributed by atoms with E-state index in [1.54, 1.807) is 13.2 Å². The lowest BCUT2D eigenvalue weighted by Crippen LogP contribution is -2.42. The van der Waals surface area contributed by atoms with Crippen LogP contribution in [0, 0.1) is 5.41 Å². The number of hydrogen-bond acceptors (Lipinski definition) is 5. The number of pyridine rings is 1. The van der Waals surface area contributed by atoms with Crippen LogP contribution >= 0.6 is 0 Å². The number of amides is 1. The molecule has 7 nitrogen and oxygen atoms in total. The van der Waals surface area contributed by atoms with Gasteiger partial charge in [-0.2, -0.15) is 0 Å². The van der Waals surface area contributed by atoms with Crippen LogP contribution in [0.25, 0.3) is 0 Å². The first-order valence-corrected chi connectivity index (χ1v) is 9.84. The lowest BCUT2D eigenvalue weighted by molar-refractivity contribution is -0.128. The molecule has 0 aliphatic carbocycles. The fraction of sp³-hybridized carbons (Fsp3) is 0.409. The number of aromatic carboxylic acids is 1. The summed E-state index contributed by atoms with van der Waals surface area (Å²) in [7, 11) is 1.64. The van der Waals surface area contributed by atoms with Gasteiger partial charge in [0.1, 0.15) is 11.6 Å². The van der Waals surface area contributed by atoms with Gasteiger partial charge in [0.25, 0.3) is 0 Å². The Kier molecular flexibility index (Phi) is 5.13. The van der Waals surface area contributed by atoms with Crippen LogP contribution in [0.15, 0.2) is 42.5 Å². The number of likely N-dealkylation sites (tertiary alicyclic amines) is 1. The van der Waals surface area contributed by atoms with Crippen molar-refractivity contribution in [3.8, 4) is 5.75 Å². The number of piperidine rings is 1. The van der Waals surface area contributed by atoms with Crippen molar-refractivity contribution in [1.82, 2.24) is 9.88 Å². The average Bonchev–Trinajstić information content (AvgIpc) is 3.03. The van der Waals surface area contributed by atoms with Gasteiger partial charge in [0, 0.05) is 38.0 Å². The molecule has 0 radical (unpaired) electrons. The number of aromatic nitrogens is 1. The summed E-state index contributed by atoms with van der Waals surface area (Å²) in [5, 5.41) is 9.16. The van der Waals surface area contributed by atoms with Crippen LogP contribution in [0.5, 0.6) is 5.75 Å². The molecule has 2 aliphatic heterocycles. The standard InChI is InChI=1S/C22H25N3O4/c1-29-17-5-2-4-16(12-17)14-25-15-22(13-20(25)26)8-10-24(11-9-22)19-7-3-6-18(23-19)21(27)28/h2-7,12H,8-11,13-15H2,1H3,(H,27,28). The van der Waals surface area contributed by atoms with Gasteiger partial charge >= 0.3 is 5.97 Å². The second-order valence-corrected chi connectivity index (χ2v) is 7.95. The van der Waals surface area contributed by atoms with Gasteiger partial charge in [-0.1, -0.05) is 18.2 Å². The summed E-state index contributed by atoms with van der Waals surface area (Å²) in [4.78, 5) is 32.2. The van der Waals surface area contributed by atoms with Gasteiger partial charge in [-0.25, -0.2) is 9.78 Å². The van der Waals surface area contributed by atoms with Crippen LogP contribution < -0.4 is 9.64 Å². The maximum absolute atomic E-state index is 12.7. The third-order valence-electron chi connectivity index (χ3n) is 6.01. The van der Waals surface area contributed by atoms with Crippen molar-refractivity contribution in [2.24, 2.45) is 5.41 Å². The number of ether oxygens (including phenoxy) is 1. The molecule has 0 saturated carbocycles. The predicted molar refractivity (Wildman–Crippen MR) is 108 cm³/mol. The fourth-order valence-corrected chi connectivity index (χ4v) is 4.38. The summed E-state index contributed by atoms with van der Waals surface area (Å²) in [6.45, 7) is 2.91. The molecule has 4 rings (SSSR count). The van der Waals surface area contributed by atoms with Crippen molar-refractivity contribution < 1.29 is 19.4 Å². The highest BCUT2D eigenvalue weighted by Gasteiger charge is 2.44. The number of carbonyl (C=O) groups is 2. The maximum atomic E-state index is 12.7. The average molecular weight is 395 g/mol. The normalized spacial score (nSPS) is 18.3. The smallest absolute Gasteiger partial charge is 0.354 e. The minimum absolute atomic E-state index is 0.00312. The van der Waals surface area contributed by atoms with Gasteiger partial charge in [-0.3, -0.25) is 4.79 Å². The number of hydrogen-bond donors (Lipinski definition) is 1. The van der Waals surface area contributed by atoms with E-state index >= 15 is 0 Å². The minimum Gasteiger partial charge on any atom is -0.497 e. The number of nitrogens with zero attached hydrogens (tertiary/aromatic N) is 3. The molecule has 3 heterocycles. The number of benzene rings is 1. The number of methoxy groups -OCH3 is 1. The van der Waals surface area contributed by atoms with E-state index in [4.69, 9.17) is 9.84 Å². The van der Waals surface area contributed by atoms with Gasteiger partial charge in [0.05, 0.1) is 7.11 Å². The molecule has 152 valence electrons. The van der Waals surface area contributed by atoms with Crippen LogP contribution in [-0.4, -0.2) is 53.6 Å². The Morgan fingerprint density at radius 1 is 1.21 bits per heavy atom. The van der Waals surface area contributed by atoms with Crippen LogP contribution in [0.2, 0.25) is 0 Å². The first kappa shape index (κ1) is 19.2. The Bertz CT molecular complexity index is 922. The highest BCUT2D eigenvalue weighted by Crippen LogP contribution is 2.42. The molecule has 0 bridgehead atoms. The molecular formula is C22H25N3O4. The Balaban J connectivity index is 1.40. The number of carboxylic acids is 1. The zero-order valence-corrected chi connectivity index (χ0v) is 16.5. The molecule has 1 aromatic carbocycles. The van der Waals surface area contributed by atoms with Crippen molar-refractivity contribution in [2.45, 2.75) is 25.8 Å². The van der Waals surface area contributed by atoms with Gasteiger partial charge in [-0.05, 0) is 42.7 Å². The molecule has 1 aromatic heterocycles. The highest BCUT2D eigenvalue weighted by atomic mass is 16.5. The number of carbonyl (C=O) groups excluding carboxylic acids is 1. The topological polar surface area (TPSA) is 83.0 Å². The Labute approximate surface area is 169 Å². The second-order valence-electron chi connectivity index (χ2n) is 7.95. The number of carboxylic acid groups (broad SMARTS) is 1. The molecule has 1 amide bonds. The quantitative estimate of drug-likeness (QED) is 0.838. The molecule has 7 heteroatoms. The van der Waals surface area contributed by atoms with Gasteiger partial charge in [-0.15, -0.1) is 0 Å². The zero-order valence-electron chi connectivity index (χ0n) is 16.5. The molecule has 1 N–H and O–H groups in total. The SMILES string of the molecule is COc1cccc(CN2CC3(CCN(c4cccc(C(=O)O)n4)CC3)CC2=O)c1. The van der Waals surface area contributed by atoms with Gasteiger partial charge in [0.2, 0.25) is 5.91 Å². The third-order valence-corrected chi connectivity index (χ3v) is 6.01. The van der Waals surface area contributed by atoms with E-state index < -0.39 is 5.97 Å². The monoisotopic (exact) mass is 395 g/mol. The van der Waals surface area contributed by atoms with E-state index in [-0.39, 0.29) is 17.0 Å². The summed E-state index contributed by atoms with van der Waals surface area (Å²) >= 11 is 0. The third kappa shape index (κ3) is 4.04. The molecular weight excluding hydrogens is 370 g/mol. The van der Waals surface area contributed by atoms with Crippen LogP contribution in [0.4, 0.5) is 5.82 Å². The molecule has 0 atom stereocenters. The van der Waals surface area contributed by atoms with Crippen LogP contribution in [0.1, 0.15) is 35.3 Å². The van der Waals surface area contributed by atoms with Crippen molar-refractivity contribution in [2.75, 3.05) is 31.6 Å². The summed E-state index contributed by atoms with van der Waals surface area (Å²) < 4.78 is 5.28. The summed E-state index contributed by atoms with van der Waals surface area (Å²) in [5.74, 6) is 0.674.